The number of anilines is 6. The van der Waals surface area contributed by atoms with Gasteiger partial charge in [0.25, 0.3) is 0 Å². The summed E-state index contributed by atoms with van der Waals surface area (Å²) in [7, 11) is -6.75. The van der Waals surface area contributed by atoms with Crippen molar-refractivity contribution in [3.8, 4) is 0 Å². The van der Waals surface area contributed by atoms with Crippen LogP contribution in [0.15, 0.2) is 133 Å². The summed E-state index contributed by atoms with van der Waals surface area (Å²) in [6.07, 6.45) is 0. The molecule has 6 heteroatoms. The lowest BCUT2D eigenvalue weighted by Crippen LogP contribution is -2.49. The summed E-state index contributed by atoms with van der Waals surface area (Å²) in [6, 6.07) is 53.5. The van der Waals surface area contributed by atoms with E-state index in [9.17, 15) is 0 Å². The van der Waals surface area contributed by atoms with Crippen molar-refractivity contribution in [2.24, 2.45) is 0 Å². The Balaban J connectivity index is 1.67. The second-order valence-electron chi connectivity index (χ2n) is 27.8. The number of fused-ring (bicyclic) bond motifs is 2. The quantitative estimate of drug-likeness (QED) is 0.0765. The van der Waals surface area contributed by atoms with Crippen LogP contribution in [-0.2, 0) is 10.8 Å². The zero-order chi connectivity index (χ0) is 51.9. The van der Waals surface area contributed by atoms with Crippen LogP contribution >= 0.6 is 0 Å². The number of hydrogen-bond acceptors (Lipinski definition) is 2. The Hall–Kier alpha value is -4.47. The van der Waals surface area contributed by atoms with Crippen molar-refractivity contribution >= 4 is 109 Å². The maximum atomic E-state index is 2.60. The molecule has 0 radical (unpaired) electrons. The normalized spacial score (nSPS) is 13.6. The van der Waals surface area contributed by atoms with Crippen molar-refractivity contribution in [2.75, 3.05) is 9.80 Å². The van der Waals surface area contributed by atoms with Gasteiger partial charge in [-0.3, -0.25) is 0 Å². The van der Waals surface area contributed by atoms with Crippen LogP contribution < -0.4 is 30.5 Å². The highest BCUT2D eigenvalue weighted by molar-refractivity contribution is 6.92. The molecule has 70 heavy (non-hydrogen) atoms. The molecule has 0 aliphatic rings. The van der Waals surface area contributed by atoms with E-state index in [1.54, 1.807) is 0 Å². The van der Waals surface area contributed by atoms with Crippen LogP contribution in [0.25, 0.3) is 21.5 Å². The Kier molecular flexibility index (Phi) is 13.9. The second-order valence-corrected chi connectivity index (χ2v) is 48.6. The molecule has 0 amide bonds. The van der Waals surface area contributed by atoms with Gasteiger partial charge in [-0.05, 0) is 92.7 Å². The molecule has 0 unspecified atom stereocenters. The summed E-state index contributed by atoms with van der Waals surface area (Å²) in [4.78, 5) is 5.20. The van der Waals surface area contributed by atoms with Crippen molar-refractivity contribution < 1.29 is 0 Å². The van der Waals surface area contributed by atoms with Crippen molar-refractivity contribution in [3.63, 3.8) is 0 Å². The van der Waals surface area contributed by atoms with Gasteiger partial charge in [-0.2, -0.15) is 0 Å². The Morgan fingerprint density at radius 1 is 0.286 bits per heavy atom. The van der Waals surface area contributed by atoms with Gasteiger partial charge in [-0.15, -0.1) is 0 Å². The molecule has 370 valence electrons. The predicted molar refractivity (Wildman–Crippen MR) is 328 cm³/mol. The summed E-state index contributed by atoms with van der Waals surface area (Å²) in [5, 5.41) is 11.4. The fourth-order valence-corrected chi connectivity index (χ4v) is 15.6. The van der Waals surface area contributed by atoms with Gasteiger partial charge in [0.2, 0.25) is 0 Å². The van der Waals surface area contributed by atoms with Gasteiger partial charge >= 0.3 is 0 Å². The summed E-state index contributed by atoms with van der Waals surface area (Å²) >= 11 is 0. The number of nitrogens with zero attached hydrogens (tertiary/aromatic N) is 2. The molecule has 0 bridgehead atoms. The maximum Gasteiger partial charge on any atom is 0.0859 e. The SMILES string of the molecule is CC(C)(C)c1ccc2c(N(c3ccc([Si](C)(C)C)cc3)c3ccc([Si](C)(C)C(C)(C)C)cc3)c3cc(C(C)(C)C)ccc3c(N(c3ccc([Si](C)(C)C)cc3)c3ccc([Si](C)(C)C(C)(C)C)cc3)c2c1. The first-order chi connectivity index (χ1) is 32.0. The molecule has 7 aromatic carbocycles. The first-order valence-corrected chi connectivity index (χ1v) is 39.1. The van der Waals surface area contributed by atoms with E-state index in [0.29, 0.717) is 0 Å². The van der Waals surface area contributed by atoms with E-state index < -0.39 is 32.3 Å². The number of hydrogen-bond donors (Lipinski definition) is 0. The summed E-state index contributed by atoms with van der Waals surface area (Å²) in [5.74, 6) is 0. The molecule has 0 saturated carbocycles. The maximum absolute atomic E-state index is 2.60. The van der Waals surface area contributed by atoms with Crippen molar-refractivity contribution in [3.05, 3.63) is 145 Å². The molecular formula is C64H88N2Si4. The zero-order valence-corrected chi connectivity index (χ0v) is 51.6. The monoisotopic (exact) mass is 997 g/mol. The number of benzene rings is 7. The third kappa shape index (κ3) is 10.3. The number of rotatable bonds is 10. The van der Waals surface area contributed by atoms with E-state index >= 15 is 0 Å². The molecule has 0 aliphatic heterocycles. The fraction of sp³-hybridized carbons (Fsp3) is 0.406. The van der Waals surface area contributed by atoms with Crippen molar-refractivity contribution in [1.82, 2.24) is 0 Å². The predicted octanol–water partition coefficient (Wildman–Crippen LogP) is 18.0. The molecule has 0 N–H and O–H groups in total. The second kappa shape index (κ2) is 18.2. The average Bonchev–Trinajstić information content (AvgIpc) is 3.25. The van der Waals surface area contributed by atoms with Crippen molar-refractivity contribution in [2.45, 2.75) is 169 Å². The van der Waals surface area contributed by atoms with Gasteiger partial charge in [0.15, 0.2) is 0 Å². The van der Waals surface area contributed by atoms with Gasteiger partial charge < -0.3 is 9.80 Å². The average molecular weight is 998 g/mol. The van der Waals surface area contributed by atoms with Crippen LogP contribution in [-0.4, -0.2) is 32.3 Å². The van der Waals surface area contributed by atoms with Crippen LogP contribution in [0.5, 0.6) is 0 Å². The molecule has 0 heterocycles. The molecular weight excluding hydrogens is 909 g/mol. The molecule has 0 aliphatic carbocycles. The highest BCUT2D eigenvalue weighted by atomic mass is 28.3. The Morgan fingerprint density at radius 3 is 0.743 bits per heavy atom. The molecule has 0 aromatic heterocycles. The largest absolute Gasteiger partial charge is 0.309 e. The van der Waals surface area contributed by atoms with E-state index in [4.69, 9.17) is 0 Å². The van der Waals surface area contributed by atoms with E-state index in [2.05, 4.69) is 292 Å². The fourth-order valence-electron chi connectivity index (χ4n) is 9.55. The van der Waals surface area contributed by atoms with Crippen LogP contribution in [0.1, 0.15) is 94.2 Å². The Bertz CT molecular complexity index is 2780. The van der Waals surface area contributed by atoms with Gasteiger partial charge in [0.05, 0.1) is 43.7 Å². The molecule has 0 saturated heterocycles. The molecule has 0 atom stereocenters. The minimum absolute atomic E-state index is 0.0722. The zero-order valence-electron chi connectivity index (χ0n) is 47.6. The van der Waals surface area contributed by atoms with Crippen molar-refractivity contribution in [1.29, 1.82) is 0 Å². The topological polar surface area (TPSA) is 6.48 Å². The molecule has 0 spiro atoms. The van der Waals surface area contributed by atoms with Crippen LogP contribution in [0.2, 0.25) is 75.5 Å². The minimum atomic E-state index is -1.80. The smallest absolute Gasteiger partial charge is 0.0859 e. The minimum Gasteiger partial charge on any atom is -0.309 e. The third-order valence-electron chi connectivity index (χ3n) is 16.7. The first kappa shape index (κ1) is 53.3. The summed E-state index contributed by atoms with van der Waals surface area (Å²) < 4.78 is 0. The Labute approximate surface area is 430 Å². The van der Waals surface area contributed by atoms with E-state index in [1.165, 1.54) is 87.5 Å². The highest BCUT2D eigenvalue weighted by Gasteiger charge is 2.38. The molecule has 7 aromatic rings. The third-order valence-corrected chi connectivity index (χ3v) is 31.9. The lowest BCUT2D eigenvalue weighted by atomic mass is 9.82. The van der Waals surface area contributed by atoms with Gasteiger partial charge in [-0.25, -0.2) is 0 Å². The summed E-state index contributed by atoms with van der Waals surface area (Å²) in [5.41, 5.74) is 9.67. The molecule has 7 rings (SSSR count). The van der Waals surface area contributed by atoms with E-state index in [-0.39, 0.29) is 20.9 Å². The van der Waals surface area contributed by atoms with Crippen LogP contribution in [0.4, 0.5) is 34.1 Å². The Morgan fingerprint density at radius 2 is 0.529 bits per heavy atom. The standard InChI is InChI=1S/C64H88N2Si4/c1-61(2,3)45-23-41-55-57(43-45)59(65(47-25-33-51(34-26-47)67(13,14)15)49-29-37-53(38-30-49)69(19,20)63(7,8)9)56-42-24-46(62(4,5)6)44-58(56)60(55)66(48-27-35-52(36-28-48)68(16,17)18)50-31-39-54(40-32-50)70(21,22)64(10,11)12/h23-44H,1-22H3. The van der Waals surface area contributed by atoms with Gasteiger partial charge in [-0.1, -0.05) is 242 Å². The van der Waals surface area contributed by atoms with Gasteiger partial charge in [0, 0.05) is 44.3 Å². The summed E-state index contributed by atoms with van der Waals surface area (Å²) in [6.45, 7) is 53.5. The molecule has 0 fully saturated rings. The lowest BCUT2D eigenvalue weighted by Gasteiger charge is -2.38. The van der Waals surface area contributed by atoms with Gasteiger partial charge in [0.1, 0.15) is 0 Å². The molecule has 2 nitrogen and oxygen atoms in total. The van der Waals surface area contributed by atoms with Crippen LogP contribution in [0.3, 0.4) is 0 Å². The van der Waals surface area contributed by atoms with Crippen LogP contribution in [0, 0.1) is 0 Å². The highest BCUT2D eigenvalue weighted by Crippen LogP contribution is 2.52. The van der Waals surface area contributed by atoms with E-state index in [1.807, 2.05) is 0 Å². The van der Waals surface area contributed by atoms with E-state index in [0.717, 1.165) is 0 Å². The first-order valence-electron chi connectivity index (χ1n) is 26.1. The lowest BCUT2D eigenvalue weighted by molar-refractivity contribution is 0.590.